The third-order valence-corrected chi connectivity index (χ3v) is 3.38. The lowest BCUT2D eigenvalue weighted by Gasteiger charge is -2.04. The van der Waals surface area contributed by atoms with Gasteiger partial charge in [0.15, 0.2) is 0 Å². The van der Waals surface area contributed by atoms with Crippen LogP contribution in [0.25, 0.3) is 0 Å². The zero-order valence-electron chi connectivity index (χ0n) is 8.30. The van der Waals surface area contributed by atoms with Crippen molar-refractivity contribution in [3.63, 3.8) is 0 Å². The van der Waals surface area contributed by atoms with Gasteiger partial charge in [-0.25, -0.2) is 0 Å². The van der Waals surface area contributed by atoms with Crippen LogP contribution in [0.4, 0.5) is 0 Å². The Hall–Kier alpha value is -0.550. The van der Waals surface area contributed by atoms with Crippen molar-refractivity contribution in [3.8, 4) is 5.75 Å². The average Bonchev–Trinajstić information content (AvgIpc) is 2.11. The molecule has 1 N–H and O–H groups in total. The first-order valence-corrected chi connectivity index (χ1v) is 5.98. The van der Waals surface area contributed by atoms with Crippen molar-refractivity contribution in [2.75, 3.05) is 6.16 Å². The maximum absolute atomic E-state index is 9.54. The van der Waals surface area contributed by atoms with E-state index in [0.29, 0.717) is 5.75 Å². The Kier molecular flexibility index (Phi) is 4.24. The summed E-state index contributed by atoms with van der Waals surface area (Å²) in [5, 5.41) is 10.7. The Labute approximate surface area is 82.0 Å². The first kappa shape index (κ1) is 10.5. The van der Waals surface area contributed by atoms with Crippen molar-refractivity contribution in [2.45, 2.75) is 26.7 Å². The molecule has 1 aromatic carbocycles. The molecule has 0 spiro atoms. The Bertz CT molecular complexity index is 271. The molecule has 0 aliphatic rings. The van der Waals surface area contributed by atoms with E-state index >= 15 is 0 Å². The van der Waals surface area contributed by atoms with Crippen LogP contribution < -0.4 is 5.30 Å². The van der Waals surface area contributed by atoms with Crippen molar-refractivity contribution in [1.29, 1.82) is 0 Å². The van der Waals surface area contributed by atoms with Gasteiger partial charge in [0.25, 0.3) is 0 Å². The minimum absolute atomic E-state index is 0.458. The number of unbranched alkanes of at least 4 members (excludes halogenated alkanes) is 1. The smallest absolute Gasteiger partial charge is 0.122 e. The molecule has 1 unspecified atom stereocenters. The second kappa shape index (κ2) is 5.24. The molecule has 0 amide bonds. The minimum Gasteiger partial charge on any atom is -0.507 e. The molecule has 0 radical (unpaired) electrons. The maximum atomic E-state index is 9.54. The Morgan fingerprint density at radius 3 is 2.85 bits per heavy atom. The second-order valence-electron chi connectivity index (χ2n) is 3.30. The van der Waals surface area contributed by atoms with Crippen LogP contribution in [0.3, 0.4) is 0 Å². The summed E-state index contributed by atoms with van der Waals surface area (Å²) in [6.45, 7) is 4.26. The predicted molar refractivity (Wildman–Crippen MR) is 60.6 cm³/mol. The molecule has 13 heavy (non-hydrogen) atoms. The molecule has 1 rings (SSSR count). The molecule has 72 valence electrons. The summed E-state index contributed by atoms with van der Waals surface area (Å²) in [4.78, 5) is 0. The fourth-order valence-electron chi connectivity index (χ4n) is 1.19. The molecule has 0 aliphatic carbocycles. The van der Waals surface area contributed by atoms with Crippen LogP contribution in [-0.4, -0.2) is 11.3 Å². The maximum Gasteiger partial charge on any atom is 0.122 e. The van der Waals surface area contributed by atoms with Crippen molar-refractivity contribution in [3.05, 3.63) is 23.8 Å². The summed E-state index contributed by atoms with van der Waals surface area (Å²) in [6, 6.07) is 5.83. The highest BCUT2D eigenvalue weighted by Gasteiger charge is 1.99. The van der Waals surface area contributed by atoms with E-state index in [9.17, 15) is 5.11 Å². The molecule has 0 heterocycles. The van der Waals surface area contributed by atoms with Crippen molar-refractivity contribution in [2.24, 2.45) is 0 Å². The van der Waals surface area contributed by atoms with Gasteiger partial charge in [0.1, 0.15) is 5.75 Å². The van der Waals surface area contributed by atoms with E-state index in [1.54, 1.807) is 6.07 Å². The summed E-state index contributed by atoms with van der Waals surface area (Å²) < 4.78 is 0. The Morgan fingerprint density at radius 1 is 1.38 bits per heavy atom. The lowest BCUT2D eigenvalue weighted by Crippen LogP contribution is -1.97. The van der Waals surface area contributed by atoms with Crippen LogP contribution >= 0.6 is 8.58 Å². The Morgan fingerprint density at radius 2 is 2.15 bits per heavy atom. The first-order valence-electron chi connectivity index (χ1n) is 4.77. The van der Waals surface area contributed by atoms with Gasteiger partial charge < -0.3 is 5.11 Å². The molecule has 2 heteroatoms. The van der Waals surface area contributed by atoms with Gasteiger partial charge in [0, 0.05) is 5.30 Å². The number of hydrogen-bond acceptors (Lipinski definition) is 1. The average molecular weight is 196 g/mol. The largest absolute Gasteiger partial charge is 0.507 e. The van der Waals surface area contributed by atoms with Crippen LogP contribution in [0.1, 0.15) is 25.3 Å². The predicted octanol–water partition coefficient (Wildman–Crippen LogP) is 2.80. The molecular weight excluding hydrogens is 179 g/mol. The summed E-state index contributed by atoms with van der Waals surface area (Å²) >= 11 is 0. The summed E-state index contributed by atoms with van der Waals surface area (Å²) in [5.74, 6) is 0.458. The molecule has 0 saturated heterocycles. The summed E-state index contributed by atoms with van der Waals surface area (Å²) in [6.07, 6.45) is 3.69. The number of aromatic hydroxyl groups is 1. The molecule has 0 aromatic heterocycles. The number of aryl methyl sites for hydroxylation is 1. The molecular formula is C11H17OP. The number of benzene rings is 1. The van der Waals surface area contributed by atoms with Gasteiger partial charge >= 0.3 is 0 Å². The molecule has 0 saturated carbocycles. The van der Waals surface area contributed by atoms with E-state index in [-0.39, 0.29) is 0 Å². The fourth-order valence-corrected chi connectivity index (χ4v) is 2.59. The van der Waals surface area contributed by atoms with Crippen molar-refractivity contribution < 1.29 is 5.11 Å². The molecule has 0 fully saturated rings. The molecule has 0 aliphatic heterocycles. The topological polar surface area (TPSA) is 20.2 Å². The highest BCUT2D eigenvalue weighted by molar-refractivity contribution is 7.47. The van der Waals surface area contributed by atoms with Crippen molar-refractivity contribution in [1.82, 2.24) is 0 Å². The van der Waals surface area contributed by atoms with E-state index in [2.05, 4.69) is 19.9 Å². The standard InChI is InChI=1S/C11H17OP/c1-3-4-7-13-11-8-9(2)5-6-10(11)12/h5-6,8,12-13H,3-4,7H2,1-2H3. The number of hydrogen-bond donors (Lipinski definition) is 1. The van der Waals surface area contributed by atoms with E-state index in [0.717, 1.165) is 13.9 Å². The van der Waals surface area contributed by atoms with E-state index in [4.69, 9.17) is 0 Å². The zero-order chi connectivity index (χ0) is 9.68. The molecule has 1 aromatic rings. The number of phenolic OH excluding ortho intramolecular Hbond substituents is 1. The van der Waals surface area contributed by atoms with Gasteiger partial charge in [-0.1, -0.05) is 33.6 Å². The summed E-state index contributed by atoms with van der Waals surface area (Å²) in [7, 11) is 0.757. The first-order chi connectivity index (χ1) is 6.24. The van der Waals surface area contributed by atoms with Gasteiger partial charge in [0.05, 0.1) is 0 Å². The van der Waals surface area contributed by atoms with Crippen LogP contribution in [0.15, 0.2) is 18.2 Å². The van der Waals surface area contributed by atoms with Crippen molar-refractivity contribution >= 4 is 13.9 Å². The van der Waals surface area contributed by atoms with Gasteiger partial charge in [-0.05, 0) is 31.6 Å². The van der Waals surface area contributed by atoms with Crippen LogP contribution in [0, 0.1) is 6.92 Å². The third kappa shape index (κ3) is 3.36. The summed E-state index contributed by atoms with van der Waals surface area (Å²) in [5.41, 5.74) is 1.23. The molecule has 0 bridgehead atoms. The van der Waals surface area contributed by atoms with Gasteiger partial charge in [-0.2, -0.15) is 0 Å². The lowest BCUT2D eigenvalue weighted by molar-refractivity contribution is 0.479. The SMILES string of the molecule is CCCCPc1cc(C)ccc1O. The normalized spacial score (nSPS) is 11.2. The van der Waals surface area contributed by atoms with Crippen LogP contribution in [0.2, 0.25) is 0 Å². The van der Waals surface area contributed by atoms with Gasteiger partial charge in [0.2, 0.25) is 0 Å². The van der Waals surface area contributed by atoms with E-state index in [1.807, 2.05) is 6.07 Å². The van der Waals surface area contributed by atoms with E-state index < -0.39 is 0 Å². The number of rotatable bonds is 4. The highest BCUT2D eigenvalue weighted by Crippen LogP contribution is 2.20. The second-order valence-corrected chi connectivity index (χ2v) is 4.69. The zero-order valence-corrected chi connectivity index (χ0v) is 9.30. The monoisotopic (exact) mass is 196 g/mol. The fraction of sp³-hybridized carbons (Fsp3) is 0.455. The number of phenols is 1. The van der Waals surface area contributed by atoms with Crippen LogP contribution in [0.5, 0.6) is 5.75 Å². The van der Waals surface area contributed by atoms with Crippen LogP contribution in [-0.2, 0) is 0 Å². The van der Waals surface area contributed by atoms with Gasteiger partial charge in [-0.3, -0.25) is 0 Å². The lowest BCUT2D eigenvalue weighted by atomic mass is 10.2. The minimum atomic E-state index is 0.458. The molecule has 1 atom stereocenters. The quantitative estimate of drug-likeness (QED) is 0.580. The molecule has 1 nitrogen and oxygen atoms in total. The Balaban J connectivity index is 2.59. The van der Waals surface area contributed by atoms with E-state index in [1.165, 1.54) is 24.6 Å². The van der Waals surface area contributed by atoms with Gasteiger partial charge in [-0.15, -0.1) is 0 Å². The third-order valence-electron chi connectivity index (χ3n) is 2.00. The highest BCUT2D eigenvalue weighted by atomic mass is 31.1.